The molecule has 1 rings (SSSR count). The summed E-state index contributed by atoms with van der Waals surface area (Å²) in [6.07, 6.45) is 1.55. The monoisotopic (exact) mass is 251 g/mol. The number of nitriles is 1. The first-order chi connectivity index (χ1) is 8.36. The number of hydrogen-bond donors (Lipinski definition) is 0. The molecule has 98 valence electrons. The van der Waals surface area contributed by atoms with E-state index < -0.39 is 17.5 Å². The molecule has 0 saturated carbocycles. The summed E-state index contributed by atoms with van der Waals surface area (Å²) in [6.45, 7) is 8.73. The van der Waals surface area contributed by atoms with Crippen LogP contribution in [0, 0.1) is 17.2 Å². The predicted octanol–water partition coefficient (Wildman–Crippen LogP) is 1.65. The van der Waals surface area contributed by atoms with Crippen LogP contribution < -0.4 is 0 Å². The molecule has 1 aliphatic rings. The molecule has 0 aromatic carbocycles. The highest BCUT2D eigenvalue weighted by Gasteiger charge is 2.52. The molecule has 1 aliphatic heterocycles. The molecule has 0 N–H and O–H groups in total. The number of urea groups is 1. The van der Waals surface area contributed by atoms with Crippen LogP contribution in [0.15, 0.2) is 12.8 Å². The van der Waals surface area contributed by atoms with Crippen molar-refractivity contribution < 1.29 is 14.4 Å². The summed E-state index contributed by atoms with van der Waals surface area (Å²) >= 11 is 0. The van der Waals surface area contributed by atoms with Crippen LogP contribution in [0.3, 0.4) is 0 Å². The van der Waals surface area contributed by atoms with Gasteiger partial charge in [0.15, 0.2) is 0 Å². The number of hydrogen-bond acceptors (Lipinski definition) is 4. The van der Waals surface area contributed by atoms with Crippen molar-refractivity contribution in [1.29, 1.82) is 5.26 Å². The van der Waals surface area contributed by atoms with Crippen LogP contribution in [0.5, 0.6) is 0 Å². The lowest BCUT2D eigenvalue weighted by molar-refractivity contribution is -0.153. The topological polar surface area (TPSA) is 73.6 Å². The molecule has 6 nitrogen and oxygen atoms in total. The van der Waals surface area contributed by atoms with Gasteiger partial charge >= 0.3 is 6.03 Å². The maximum absolute atomic E-state index is 12.0. The Morgan fingerprint density at radius 3 is 2.67 bits per heavy atom. The van der Waals surface area contributed by atoms with E-state index in [-0.39, 0.29) is 5.92 Å². The summed E-state index contributed by atoms with van der Waals surface area (Å²) in [5.74, 6) is -0.602. The first-order valence-corrected chi connectivity index (χ1v) is 5.69. The van der Waals surface area contributed by atoms with Crippen molar-refractivity contribution in [3.05, 3.63) is 12.8 Å². The number of rotatable bonds is 5. The van der Waals surface area contributed by atoms with Gasteiger partial charge in [-0.05, 0) is 27.2 Å². The Labute approximate surface area is 106 Å². The Morgan fingerprint density at radius 1 is 1.56 bits per heavy atom. The molecule has 0 spiro atoms. The van der Waals surface area contributed by atoms with E-state index in [1.54, 1.807) is 20.8 Å². The van der Waals surface area contributed by atoms with Crippen LogP contribution in [-0.4, -0.2) is 34.0 Å². The van der Waals surface area contributed by atoms with Gasteiger partial charge in [-0.15, -0.1) is 0 Å². The summed E-state index contributed by atoms with van der Waals surface area (Å²) in [5.41, 5.74) is -0.963. The smallest absolute Gasteiger partial charge is 0.361 e. The third-order valence-corrected chi connectivity index (χ3v) is 2.97. The normalized spacial score (nSPS) is 19.7. The van der Waals surface area contributed by atoms with Gasteiger partial charge in [0.1, 0.15) is 11.8 Å². The van der Waals surface area contributed by atoms with E-state index in [4.69, 9.17) is 10.1 Å². The second-order valence-electron chi connectivity index (χ2n) is 4.68. The zero-order chi connectivity index (χ0) is 13.9. The molecule has 0 aromatic rings. The number of carbonyl (C=O) groups is 2. The molecule has 1 fully saturated rings. The van der Waals surface area contributed by atoms with Gasteiger partial charge in [0.05, 0.1) is 6.07 Å². The van der Waals surface area contributed by atoms with Crippen LogP contribution >= 0.6 is 0 Å². The van der Waals surface area contributed by atoms with Crippen LogP contribution in [-0.2, 0) is 9.63 Å². The number of imide groups is 1. The summed E-state index contributed by atoms with van der Waals surface area (Å²) in [4.78, 5) is 30.2. The molecular weight excluding hydrogens is 234 g/mol. The van der Waals surface area contributed by atoms with E-state index in [2.05, 4.69) is 12.6 Å². The summed E-state index contributed by atoms with van der Waals surface area (Å²) in [6, 6.07) is 1.58. The van der Waals surface area contributed by atoms with E-state index >= 15 is 0 Å². The zero-order valence-corrected chi connectivity index (χ0v) is 10.8. The van der Waals surface area contributed by atoms with Crippen molar-refractivity contribution in [3.63, 3.8) is 0 Å². The van der Waals surface area contributed by atoms with Gasteiger partial charge in [0, 0.05) is 12.5 Å². The molecule has 18 heavy (non-hydrogen) atoms. The zero-order valence-electron chi connectivity index (χ0n) is 10.8. The highest BCUT2D eigenvalue weighted by molar-refractivity contribution is 6.05. The van der Waals surface area contributed by atoms with Gasteiger partial charge in [-0.2, -0.15) is 5.26 Å². The maximum atomic E-state index is 12.0. The average Bonchev–Trinajstić information content (AvgIpc) is 2.48. The minimum atomic E-state index is -0.963. The molecule has 1 heterocycles. The molecule has 1 unspecified atom stereocenters. The van der Waals surface area contributed by atoms with E-state index in [1.807, 2.05) is 0 Å². The minimum Gasteiger partial charge on any atom is -0.376 e. The number of amides is 3. The highest BCUT2D eigenvalue weighted by Crippen LogP contribution is 2.28. The number of carbonyl (C=O) groups excluding carboxylic acids is 2. The maximum Gasteiger partial charge on any atom is 0.361 e. The fraction of sp³-hybridized carbons (Fsp3) is 0.583. The van der Waals surface area contributed by atoms with Gasteiger partial charge in [0.2, 0.25) is 0 Å². The van der Waals surface area contributed by atoms with Gasteiger partial charge < -0.3 is 9.74 Å². The Bertz CT molecular complexity index is 411. The third-order valence-electron chi connectivity index (χ3n) is 2.97. The lowest BCUT2D eigenvalue weighted by atomic mass is 10.0. The van der Waals surface area contributed by atoms with Crippen molar-refractivity contribution >= 4 is 11.9 Å². The molecule has 1 saturated heterocycles. The largest absolute Gasteiger partial charge is 0.376 e. The van der Waals surface area contributed by atoms with Crippen molar-refractivity contribution in [1.82, 2.24) is 9.96 Å². The lowest BCUT2D eigenvalue weighted by Gasteiger charge is -2.27. The first kappa shape index (κ1) is 14.0. The van der Waals surface area contributed by atoms with E-state index in [0.717, 1.165) is 6.26 Å². The van der Waals surface area contributed by atoms with E-state index in [1.165, 1.54) is 4.90 Å². The average molecular weight is 251 g/mol. The molecule has 3 amide bonds. The standard InChI is InChI=1S/C12H17N3O3/c1-5-18-15-10(16)12(3,4)14(11(15)17)7-6-9(2)8-13/h5,9H,1,6-7H2,2-4H3. The van der Waals surface area contributed by atoms with Gasteiger partial charge in [0.25, 0.3) is 5.91 Å². The van der Waals surface area contributed by atoms with Crippen molar-refractivity contribution in [2.24, 2.45) is 5.92 Å². The Morgan fingerprint density at radius 2 is 2.17 bits per heavy atom. The summed E-state index contributed by atoms with van der Waals surface area (Å²) < 4.78 is 0. The van der Waals surface area contributed by atoms with Gasteiger partial charge in [-0.1, -0.05) is 11.6 Å². The van der Waals surface area contributed by atoms with Crippen molar-refractivity contribution in [3.8, 4) is 6.07 Å². The molecule has 0 radical (unpaired) electrons. The fourth-order valence-electron chi connectivity index (χ4n) is 1.73. The molecule has 0 bridgehead atoms. The predicted molar refractivity (Wildman–Crippen MR) is 63.7 cm³/mol. The molecule has 0 aliphatic carbocycles. The van der Waals surface area contributed by atoms with Crippen LogP contribution in [0.1, 0.15) is 27.2 Å². The first-order valence-electron chi connectivity index (χ1n) is 5.69. The van der Waals surface area contributed by atoms with Crippen molar-refractivity contribution in [2.75, 3.05) is 6.54 Å². The Balaban J connectivity index is 2.84. The molecular formula is C12H17N3O3. The molecule has 0 aromatic heterocycles. The molecule has 1 atom stereocenters. The summed E-state index contributed by atoms with van der Waals surface area (Å²) in [7, 11) is 0. The second kappa shape index (κ2) is 5.08. The Hall–Kier alpha value is -2.03. The lowest BCUT2D eigenvalue weighted by Crippen LogP contribution is -2.44. The van der Waals surface area contributed by atoms with Gasteiger partial charge in [-0.25, -0.2) is 4.79 Å². The Kier molecular flexibility index (Phi) is 3.96. The fourth-order valence-corrected chi connectivity index (χ4v) is 1.73. The van der Waals surface area contributed by atoms with E-state index in [0.29, 0.717) is 18.0 Å². The van der Waals surface area contributed by atoms with Crippen LogP contribution in [0.4, 0.5) is 4.79 Å². The number of nitrogens with zero attached hydrogens (tertiary/aromatic N) is 3. The van der Waals surface area contributed by atoms with Gasteiger partial charge in [-0.3, -0.25) is 4.79 Å². The van der Waals surface area contributed by atoms with Crippen molar-refractivity contribution in [2.45, 2.75) is 32.7 Å². The minimum absolute atomic E-state index is 0.168. The second-order valence-corrected chi connectivity index (χ2v) is 4.68. The van der Waals surface area contributed by atoms with Crippen LogP contribution in [0.25, 0.3) is 0 Å². The van der Waals surface area contributed by atoms with Crippen LogP contribution in [0.2, 0.25) is 0 Å². The summed E-state index contributed by atoms with van der Waals surface area (Å²) in [5, 5.41) is 9.42. The molecule has 6 heteroatoms. The SMILES string of the molecule is C=CON1C(=O)N(CCC(C)C#N)C(C)(C)C1=O. The number of hydroxylamine groups is 2. The highest BCUT2D eigenvalue weighted by atomic mass is 16.7. The quantitative estimate of drug-likeness (QED) is 0.550. The third kappa shape index (κ3) is 2.30. The van der Waals surface area contributed by atoms with E-state index in [9.17, 15) is 9.59 Å².